The molecule has 18 heavy (non-hydrogen) atoms. The summed E-state index contributed by atoms with van der Waals surface area (Å²) in [5.41, 5.74) is 6.53. The molecule has 0 radical (unpaired) electrons. The van der Waals surface area contributed by atoms with Crippen LogP contribution in [0.4, 0.5) is 8.78 Å². The van der Waals surface area contributed by atoms with Crippen molar-refractivity contribution in [3.63, 3.8) is 0 Å². The fraction of sp³-hybridized carbons (Fsp3) is 0.154. The van der Waals surface area contributed by atoms with Crippen LogP contribution < -0.4 is 10.5 Å². The maximum absolute atomic E-state index is 12.9. The van der Waals surface area contributed by atoms with Crippen LogP contribution >= 0.6 is 0 Å². The summed E-state index contributed by atoms with van der Waals surface area (Å²) in [6, 6.07) is 6.18. The molecule has 0 aliphatic carbocycles. The Morgan fingerprint density at radius 3 is 2.33 bits per heavy atom. The number of benzene rings is 1. The highest BCUT2D eigenvalue weighted by Crippen LogP contribution is 2.22. The number of hydrogen-bond donors (Lipinski definition) is 1. The molecule has 0 spiro atoms. The first-order valence-electron chi connectivity index (χ1n) is 5.40. The van der Waals surface area contributed by atoms with Gasteiger partial charge in [-0.05, 0) is 12.5 Å². The normalized spacial score (nSPS) is 12.2. The Hall–Kier alpha value is -2.01. The zero-order chi connectivity index (χ0) is 13.1. The molecular formula is C13H12F2N2O. The zero-order valence-electron chi connectivity index (χ0n) is 9.73. The fourth-order valence-corrected chi connectivity index (χ4v) is 1.43. The predicted molar refractivity (Wildman–Crippen MR) is 63.3 cm³/mol. The summed E-state index contributed by atoms with van der Waals surface area (Å²) in [5, 5.41) is 0. The van der Waals surface area contributed by atoms with E-state index in [1.807, 2.05) is 6.92 Å². The topological polar surface area (TPSA) is 48.1 Å². The van der Waals surface area contributed by atoms with Gasteiger partial charge in [0, 0.05) is 36.5 Å². The van der Waals surface area contributed by atoms with Gasteiger partial charge >= 0.3 is 0 Å². The van der Waals surface area contributed by atoms with Gasteiger partial charge in [-0.2, -0.15) is 0 Å². The SMILES string of the molecule is CC(N)c1ccc(Oc2cc(F)cc(F)c2)nc1. The van der Waals surface area contributed by atoms with Crippen molar-refractivity contribution >= 4 is 0 Å². The lowest BCUT2D eigenvalue weighted by molar-refractivity contribution is 0.451. The van der Waals surface area contributed by atoms with Crippen LogP contribution in [0.3, 0.4) is 0 Å². The van der Waals surface area contributed by atoms with Gasteiger partial charge in [-0.15, -0.1) is 0 Å². The summed E-state index contributed by atoms with van der Waals surface area (Å²) in [6.45, 7) is 1.83. The maximum Gasteiger partial charge on any atom is 0.219 e. The molecule has 0 saturated carbocycles. The van der Waals surface area contributed by atoms with Gasteiger partial charge in [-0.25, -0.2) is 13.8 Å². The van der Waals surface area contributed by atoms with E-state index in [0.717, 1.165) is 23.8 Å². The molecule has 94 valence electrons. The molecule has 5 heteroatoms. The molecule has 1 unspecified atom stereocenters. The number of halogens is 2. The number of aromatic nitrogens is 1. The summed E-state index contributed by atoms with van der Waals surface area (Å²) in [4.78, 5) is 4.01. The van der Waals surface area contributed by atoms with Gasteiger partial charge in [-0.3, -0.25) is 0 Å². The van der Waals surface area contributed by atoms with Crippen molar-refractivity contribution in [1.29, 1.82) is 0 Å². The van der Waals surface area contributed by atoms with E-state index in [4.69, 9.17) is 10.5 Å². The summed E-state index contributed by atoms with van der Waals surface area (Å²) in [5.74, 6) is -1.08. The number of nitrogens with two attached hydrogens (primary N) is 1. The number of ether oxygens (including phenoxy) is 1. The van der Waals surface area contributed by atoms with E-state index in [2.05, 4.69) is 4.98 Å². The van der Waals surface area contributed by atoms with Crippen molar-refractivity contribution in [2.45, 2.75) is 13.0 Å². The maximum atomic E-state index is 12.9. The monoisotopic (exact) mass is 250 g/mol. The van der Waals surface area contributed by atoms with E-state index >= 15 is 0 Å². The molecule has 0 fully saturated rings. The molecule has 1 heterocycles. The van der Waals surface area contributed by atoms with E-state index in [-0.39, 0.29) is 17.7 Å². The molecule has 0 amide bonds. The molecule has 1 aromatic carbocycles. The lowest BCUT2D eigenvalue weighted by Gasteiger charge is -2.07. The smallest absolute Gasteiger partial charge is 0.219 e. The van der Waals surface area contributed by atoms with Gasteiger partial charge in [0.05, 0.1) is 0 Å². The minimum absolute atomic E-state index is 0.0635. The minimum Gasteiger partial charge on any atom is -0.439 e. The van der Waals surface area contributed by atoms with E-state index in [1.54, 1.807) is 18.3 Å². The van der Waals surface area contributed by atoms with Gasteiger partial charge < -0.3 is 10.5 Å². The average Bonchev–Trinajstić information content (AvgIpc) is 2.28. The second-order valence-corrected chi connectivity index (χ2v) is 3.93. The Kier molecular flexibility index (Phi) is 3.53. The lowest BCUT2D eigenvalue weighted by atomic mass is 10.2. The number of hydrogen-bond acceptors (Lipinski definition) is 3. The molecular weight excluding hydrogens is 238 g/mol. The molecule has 2 rings (SSSR count). The molecule has 0 bridgehead atoms. The van der Waals surface area contributed by atoms with E-state index in [1.165, 1.54) is 0 Å². The van der Waals surface area contributed by atoms with Crippen molar-refractivity contribution in [3.8, 4) is 11.6 Å². The summed E-state index contributed by atoms with van der Waals surface area (Å²) in [6.07, 6.45) is 1.57. The Labute approximate surface area is 103 Å². The highest BCUT2D eigenvalue weighted by Gasteiger charge is 2.05. The molecule has 0 aliphatic rings. The van der Waals surface area contributed by atoms with Gasteiger partial charge in [0.25, 0.3) is 0 Å². The first-order chi connectivity index (χ1) is 8.54. The van der Waals surface area contributed by atoms with Gasteiger partial charge in [-0.1, -0.05) is 6.07 Å². The Balaban J connectivity index is 2.18. The summed E-state index contributed by atoms with van der Waals surface area (Å²) >= 11 is 0. The predicted octanol–water partition coefficient (Wildman–Crippen LogP) is 3.17. The first-order valence-corrected chi connectivity index (χ1v) is 5.40. The third-order valence-electron chi connectivity index (χ3n) is 2.34. The zero-order valence-corrected chi connectivity index (χ0v) is 9.73. The van der Waals surface area contributed by atoms with Crippen molar-refractivity contribution < 1.29 is 13.5 Å². The van der Waals surface area contributed by atoms with Crippen LogP contribution in [-0.4, -0.2) is 4.98 Å². The van der Waals surface area contributed by atoms with Crippen molar-refractivity contribution in [3.05, 3.63) is 53.7 Å². The van der Waals surface area contributed by atoms with E-state index < -0.39 is 11.6 Å². The largest absolute Gasteiger partial charge is 0.439 e. The third kappa shape index (κ3) is 3.01. The molecule has 3 nitrogen and oxygen atoms in total. The van der Waals surface area contributed by atoms with Crippen LogP contribution in [0.1, 0.15) is 18.5 Å². The van der Waals surface area contributed by atoms with Gasteiger partial charge in [0.1, 0.15) is 17.4 Å². The number of nitrogens with zero attached hydrogens (tertiary/aromatic N) is 1. The molecule has 0 aliphatic heterocycles. The minimum atomic E-state index is -0.697. The molecule has 1 aromatic heterocycles. The highest BCUT2D eigenvalue weighted by atomic mass is 19.1. The van der Waals surface area contributed by atoms with Crippen molar-refractivity contribution in [2.75, 3.05) is 0 Å². The average molecular weight is 250 g/mol. The van der Waals surface area contributed by atoms with E-state index in [0.29, 0.717) is 0 Å². The quantitative estimate of drug-likeness (QED) is 0.910. The van der Waals surface area contributed by atoms with Crippen LogP contribution in [0.15, 0.2) is 36.5 Å². The summed E-state index contributed by atoms with van der Waals surface area (Å²) < 4.78 is 31.1. The Bertz CT molecular complexity index is 521. The Morgan fingerprint density at radius 2 is 1.83 bits per heavy atom. The van der Waals surface area contributed by atoms with Crippen LogP contribution in [0.25, 0.3) is 0 Å². The molecule has 1 atom stereocenters. The Morgan fingerprint density at radius 1 is 1.17 bits per heavy atom. The van der Waals surface area contributed by atoms with Gasteiger partial charge in [0.2, 0.25) is 5.88 Å². The van der Waals surface area contributed by atoms with Crippen LogP contribution in [0.5, 0.6) is 11.6 Å². The third-order valence-corrected chi connectivity index (χ3v) is 2.34. The van der Waals surface area contributed by atoms with Crippen LogP contribution in [0, 0.1) is 11.6 Å². The van der Waals surface area contributed by atoms with Crippen LogP contribution in [-0.2, 0) is 0 Å². The fourth-order valence-electron chi connectivity index (χ4n) is 1.43. The van der Waals surface area contributed by atoms with Gasteiger partial charge in [0.15, 0.2) is 0 Å². The number of pyridine rings is 1. The number of rotatable bonds is 3. The second-order valence-electron chi connectivity index (χ2n) is 3.93. The molecule has 2 N–H and O–H groups in total. The lowest BCUT2D eigenvalue weighted by Crippen LogP contribution is -2.05. The van der Waals surface area contributed by atoms with Crippen LogP contribution in [0.2, 0.25) is 0 Å². The molecule has 0 saturated heterocycles. The molecule has 2 aromatic rings. The summed E-state index contributed by atoms with van der Waals surface area (Å²) in [7, 11) is 0. The van der Waals surface area contributed by atoms with Crippen molar-refractivity contribution in [1.82, 2.24) is 4.98 Å². The van der Waals surface area contributed by atoms with Crippen molar-refractivity contribution in [2.24, 2.45) is 5.73 Å². The second kappa shape index (κ2) is 5.10. The highest BCUT2D eigenvalue weighted by molar-refractivity contribution is 5.29. The van der Waals surface area contributed by atoms with E-state index in [9.17, 15) is 8.78 Å². The first kappa shape index (κ1) is 12.4. The standard InChI is InChI=1S/C13H12F2N2O/c1-8(16)9-2-3-13(17-7-9)18-12-5-10(14)4-11(15)6-12/h2-8H,16H2,1H3.